The average Bonchev–Trinajstić information content (AvgIpc) is 2.45. The van der Waals surface area contributed by atoms with Crippen LogP contribution in [0.15, 0.2) is 59.5 Å². The van der Waals surface area contributed by atoms with Crippen molar-refractivity contribution in [2.75, 3.05) is 0 Å². The fraction of sp³-hybridized carbons (Fsp3) is 0.235. The first-order valence-corrected chi connectivity index (χ1v) is 8.01. The van der Waals surface area contributed by atoms with Gasteiger partial charge in [0.15, 0.2) is 0 Å². The van der Waals surface area contributed by atoms with Gasteiger partial charge in [-0.15, -0.1) is 11.8 Å². The maximum atomic E-state index is 11.7. The van der Waals surface area contributed by atoms with E-state index >= 15 is 0 Å². The second-order valence-corrected chi connectivity index (χ2v) is 7.26. The lowest BCUT2D eigenvalue weighted by Gasteiger charge is -2.44. The van der Waals surface area contributed by atoms with Crippen molar-refractivity contribution in [3.63, 3.8) is 0 Å². The van der Waals surface area contributed by atoms with E-state index < -0.39 is 10.7 Å². The molecule has 0 radical (unpaired) electrons. The van der Waals surface area contributed by atoms with Gasteiger partial charge in [0.25, 0.3) is 0 Å². The van der Waals surface area contributed by atoms with Crippen LogP contribution in [0.1, 0.15) is 24.3 Å². The van der Waals surface area contributed by atoms with Crippen molar-refractivity contribution in [3.8, 4) is 0 Å². The molecule has 1 saturated carbocycles. The third-order valence-electron chi connectivity index (χ3n) is 3.94. The number of carboxylic acids is 1. The molecule has 1 aliphatic carbocycles. The van der Waals surface area contributed by atoms with Gasteiger partial charge < -0.3 is 5.11 Å². The minimum Gasteiger partial charge on any atom is -0.480 e. The van der Waals surface area contributed by atoms with Gasteiger partial charge in [-0.1, -0.05) is 41.9 Å². The zero-order valence-corrected chi connectivity index (χ0v) is 12.9. The summed E-state index contributed by atoms with van der Waals surface area (Å²) in [5, 5.41) is 10.3. The van der Waals surface area contributed by atoms with E-state index in [1.54, 1.807) is 12.1 Å². The van der Waals surface area contributed by atoms with Crippen molar-refractivity contribution < 1.29 is 9.90 Å². The Hall–Kier alpha value is -1.45. The first-order valence-electron chi connectivity index (χ1n) is 6.82. The SMILES string of the molecule is O=C(O)C1(Sc2ccc(Cl)cc2)CC(c2ccccc2)C1. The maximum absolute atomic E-state index is 11.7. The second kappa shape index (κ2) is 5.74. The highest BCUT2D eigenvalue weighted by atomic mass is 35.5. The summed E-state index contributed by atoms with van der Waals surface area (Å²) in [7, 11) is 0. The minimum absolute atomic E-state index is 0.335. The number of carbonyl (C=O) groups is 1. The summed E-state index contributed by atoms with van der Waals surface area (Å²) in [6.45, 7) is 0. The molecule has 2 aromatic rings. The van der Waals surface area contributed by atoms with E-state index in [4.69, 9.17) is 11.6 Å². The molecule has 0 unspecified atom stereocenters. The van der Waals surface area contributed by atoms with Gasteiger partial charge >= 0.3 is 5.97 Å². The Balaban J connectivity index is 1.75. The number of halogens is 1. The monoisotopic (exact) mass is 318 g/mol. The fourth-order valence-corrected chi connectivity index (χ4v) is 4.23. The van der Waals surface area contributed by atoms with E-state index in [0.717, 1.165) is 4.90 Å². The van der Waals surface area contributed by atoms with Crippen LogP contribution in [0.25, 0.3) is 0 Å². The van der Waals surface area contributed by atoms with E-state index in [1.807, 2.05) is 30.3 Å². The van der Waals surface area contributed by atoms with Crippen LogP contribution in [0.2, 0.25) is 5.02 Å². The molecule has 108 valence electrons. The number of benzene rings is 2. The zero-order valence-electron chi connectivity index (χ0n) is 11.3. The predicted molar refractivity (Wildman–Crippen MR) is 86.1 cm³/mol. The lowest BCUT2D eigenvalue weighted by molar-refractivity contribution is -0.142. The highest BCUT2D eigenvalue weighted by Gasteiger charge is 2.51. The minimum atomic E-state index is -0.727. The number of hydrogen-bond acceptors (Lipinski definition) is 2. The summed E-state index contributed by atoms with van der Waals surface area (Å²) < 4.78 is -0.714. The fourth-order valence-electron chi connectivity index (χ4n) is 2.73. The Morgan fingerprint density at radius 1 is 1.10 bits per heavy atom. The molecule has 0 spiro atoms. The topological polar surface area (TPSA) is 37.3 Å². The third kappa shape index (κ3) is 2.94. The summed E-state index contributed by atoms with van der Waals surface area (Å²) >= 11 is 7.31. The highest BCUT2D eigenvalue weighted by molar-refractivity contribution is 8.01. The molecule has 0 aliphatic heterocycles. The van der Waals surface area contributed by atoms with E-state index in [1.165, 1.54) is 17.3 Å². The lowest BCUT2D eigenvalue weighted by atomic mass is 9.70. The van der Waals surface area contributed by atoms with Gasteiger partial charge in [0.2, 0.25) is 0 Å². The van der Waals surface area contributed by atoms with Crippen molar-refractivity contribution in [2.24, 2.45) is 0 Å². The smallest absolute Gasteiger partial charge is 0.320 e. The van der Waals surface area contributed by atoms with Gasteiger partial charge in [-0.3, -0.25) is 4.79 Å². The van der Waals surface area contributed by atoms with Gasteiger partial charge in [0, 0.05) is 9.92 Å². The number of aliphatic carboxylic acids is 1. The standard InChI is InChI=1S/C17H15ClO2S/c18-14-6-8-15(9-7-14)21-17(16(19)20)10-13(11-17)12-4-2-1-3-5-12/h1-9,13H,10-11H2,(H,19,20). The van der Waals surface area contributed by atoms with Gasteiger partial charge in [-0.25, -0.2) is 0 Å². The van der Waals surface area contributed by atoms with Crippen molar-refractivity contribution in [2.45, 2.75) is 28.4 Å². The molecule has 0 amide bonds. The highest BCUT2D eigenvalue weighted by Crippen LogP contribution is 2.55. The average molecular weight is 319 g/mol. The summed E-state index contributed by atoms with van der Waals surface area (Å²) in [6.07, 6.45) is 1.33. The van der Waals surface area contributed by atoms with Crippen LogP contribution in [-0.4, -0.2) is 15.8 Å². The van der Waals surface area contributed by atoms with Gasteiger partial charge in [-0.05, 0) is 48.6 Å². The van der Waals surface area contributed by atoms with E-state index in [9.17, 15) is 9.90 Å². The van der Waals surface area contributed by atoms with Crippen LogP contribution in [0.5, 0.6) is 0 Å². The van der Waals surface area contributed by atoms with Crippen molar-refractivity contribution in [3.05, 3.63) is 65.2 Å². The summed E-state index contributed by atoms with van der Waals surface area (Å²) in [6, 6.07) is 17.5. The van der Waals surface area contributed by atoms with E-state index in [0.29, 0.717) is 23.8 Å². The van der Waals surface area contributed by atoms with E-state index in [2.05, 4.69) is 12.1 Å². The molecule has 4 heteroatoms. The molecule has 1 aliphatic rings. The predicted octanol–water partition coefficient (Wildman–Crippen LogP) is 4.83. The third-order valence-corrected chi connectivity index (χ3v) is 5.60. The number of rotatable bonds is 4. The second-order valence-electron chi connectivity index (χ2n) is 5.37. The van der Waals surface area contributed by atoms with Crippen molar-refractivity contribution >= 4 is 29.3 Å². The molecule has 1 fully saturated rings. The quantitative estimate of drug-likeness (QED) is 0.877. The normalized spacial score (nSPS) is 24.3. The van der Waals surface area contributed by atoms with Gasteiger partial charge in [0.1, 0.15) is 4.75 Å². The molecule has 0 aromatic heterocycles. The molecule has 21 heavy (non-hydrogen) atoms. The first kappa shape index (κ1) is 14.5. The van der Waals surface area contributed by atoms with Gasteiger partial charge in [-0.2, -0.15) is 0 Å². The molecule has 2 nitrogen and oxygen atoms in total. The molecule has 0 saturated heterocycles. The lowest BCUT2D eigenvalue weighted by Crippen LogP contribution is -2.46. The van der Waals surface area contributed by atoms with Crippen LogP contribution in [0.4, 0.5) is 0 Å². The Labute approximate surface area is 133 Å². The van der Waals surface area contributed by atoms with Crippen LogP contribution in [0, 0.1) is 0 Å². The molecule has 2 aromatic carbocycles. The number of carboxylic acid groups (broad SMARTS) is 1. The van der Waals surface area contributed by atoms with Crippen LogP contribution >= 0.6 is 23.4 Å². The molecular formula is C17H15ClO2S. The maximum Gasteiger partial charge on any atom is 0.320 e. The van der Waals surface area contributed by atoms with Crippen molar-refractivity contribution in [1.29, 1.82) is 0 Å². The Kier molecular flexibility index (Phi) is 3.96. The molecule has 3 rings (SSSR count). The first-order chi connectivity index (χ1) is 10.1. The van der Waals surface area contributed by atoms with Crippen LogP contribution < -0.4 is 0 Å². The number of thioether (sulfide) groups is 1. The molecule has 0 heterocycles. The van der Waals surface area contributed by atoms with Crippen molar-refractivity contribution in [1.82, 2.24) is 0 Å². The number of hydrogen-bond donors (Lipinski definition) is 1. The Morgan fingerprint density at radius 2 is 1.71 bits per heavy atom. The zero-order chi connectivity index (χ0) is 14.9. The Bertz CT molecular complexity index is 634. The summed E-state index contributed by atoms with van der Waals surface area (Å²) in [4.78, 5) is 12.7. The summed E-state index contributed by atoms with van der Waals surface area (Å²) in [5.41, 5.74) is 1.23. The molecule has 0 bridgehead atoms. The Morgan fingerprint density at radius 3 is 2.29 bits per heavy atom. The molecular weight excluding hydrogens is 304 g/mol. The molecule has 1 N–H and O–H groups in total. The largest absolute Gasteiger partial charge is 0.480 e. The van der Waals surface area contributed by atoms with Crippen LogP contribution in [0.3, 0.4) is 0 Å². The van der Waals surface area contributed by atoms with Crippen LogP contribution in [-0.2, 0) is 4.79 Å². The van der Waals surface area contributed by atoms with Gasteiger partial charge in [0.05, 0.1) is 0 Å². The molecule has 0 atom stereocenters. The van der Waals surface area contributed by atoms with E-state index in [-0.39, 0.29) is 0 Å². The summed E-state index contributed by atoms with van der Waals surface area (Å²) in [5.74, 6) is -0.392.